The van der Waals surface area contributed by atoms with Gasteiger partial charge in [0.2, 0.25) is 10.0 Å². The number of hydrogen-bond acceptors (Lipinski definition) is 4. The van der Waals surface area contributed by atoms with Crippen LogP contribution in [0.15, 0.2) is 12.3 Å². The Morgan fingerprint density at radius 2 is 2.00 bits per heavy atom. The Balaban J connectivity index is 2.22. The summed E-state index contributed by atoms with van der Waals surface area (Å²) in [6.45, 7) is 5.22. The van der Waals surface area contributed by atoms with E-state index in [9.17, 15) is 8.42 Å². The van der Waals surface area contributed by atoms with Crippen molar-refractivity contribution in [3.8, 4) is 0 Å². The zero-order valence-electron chi connectivity index (χ0n) is 10.7. The van der Waals surface area contributed by atoms with Crippen molar-refractivity contribution >= 4 is 15.7 Å². The zero-order valence-corrected chi connectivity index (χ0v) is 11.5. The summed E-state index contributed by atoms with van der Waals surface area (Å²) < 4.78 is 27.3. The molecular weight excluding hydrogens is 250 g/mol. The summed E-state index contributed by atoms with van der Waals surface area (Å²) in [7, 11) is -3.31. The second kappa shape index (κ2) is 5.24. The number of aromatic nitrogens is 1. The summed E-state index contributed by atoms with van der Waals surface area (Å²) in [5, 5.41) is 2.86. The van der Waals surface area contributed by atoms with E-state index in [4.69, 9.17) is 0 Å². The molecule has 0 spiro atoms. The molecule has 0 amide bonds. The first-order valence-corrected chi connectivity index (χ1v) is 7.70. The zero-order chi connectivity index (χ0) is 13.2. The largest absolute Gasteiger partial charge is 0.317 e. The van der Waals surface area contributed by atoms with Gasteiger partial charge in [-0.1, -0.05) is 0 Å². The fourth-order valence-electron chi connectivity index (χ4n) is 2.18. The Kier molecular flexibility index (Phi) is 3.87. The van der Waals surface area contributed by atoms with Gasteiger partial charge in [-0.05, 0) is 51.4 Å². The number of nitrogens with one attached hydrogen (secondary N) is 2. The van der Waals surface area contributed by atoms with Gasteiger partial charge in [0.1, 0.15) is 0 Å². The highest BCUT2D eigenvalue weighted by molar-refractivity contribution is 7.93. The lowest BCUT2D eigenvalue weighted by Crippen LogP contribution is -2.38. The maximum atomic E-state index is 12.3. The first-order valence-electron chi connectivity index (χ1n) is 6.15. The van der Waals surface area contributed by atoms with Gasteiger partial charge in [0.05, 0.1) is 16.6 Å². The standard InChI is InChI=1S/C12H19N3O2S/c1-9-3-8-14-10(2)12(9)15-18(16,17)11-4-6-13-7-5-11/h3,8,11,13,15H,4-7H2,1-2H3. The van der Waals surface area contributed by atoms with Crippen LogP contribution >= 0.6 is 0 Å². The molecule has 0 aromatic carbocycles. The van der Waals surface area contributed by atoms with Crippen LogP contribution in [0.25, 0.3) is 0 Å². The van der Waals surface area contributed by atoms with Gasteiger partial charge in [0, 0.05) is 6.20 Å². The molecular formula is C12H19N3O2S. The van der Waals surface area contributed by atoms with E-state index in [1.807, 2.05) is 19.9 Å². The minimum Gasteiger partial charge on any atom is -0.317 e. The van der Waals surface area contributed by atoms with Crippen molar-refractivity contribution in [1.29, 1.82) is 0 Å². The second-order valence-corrected chi connectivity index (χ2v) is 6.65. The molecule has 5 nitrogen and oxygen atoms in total. The molecule has 1 fully saturated rings. The number of nitrogens with zero attached hydrogens (tertiary/aromatic N) is 1. The molecule has 100 valence electrons. The fourth-order valence-corrected chi connectivity index (χ4v) is 3.80. The molecule has 1 aromatic rings. The van der Waals surface area contributed by atoms with Crippen molar-refractivity contribution in [1.82, 2.24) is 10.3 Å². The molecule has 0 bridgehead atoms. The van der Waals surface area contributed by atoms with Crippen molar-refractivity contribution in [2.45, 2.75) is 31.9 Å². The summed E-state index contributed by atoms with van der Waals surface area (Å²) in [5.74, 6) is 0. The topological polar surface area (TPSA) is 71.1 Å². The molecule has 0 radical (unpaired) electrons. The monoisotopic (exact) mass is 269 g/mol. The lowest BCUT2D eigenvalue weighted by molar-refractivity contribution is 0.499. The van der Waals surface area contributed by atoms with E-state index in [0.717, 1.165) is 18.7 Å². The van der Waals surface area contributed by atoms with Gasteiger partial charge in [-0.2, -0.15) is 0 Å². The fraction of sp³-hybridized carbons (Fsp3) is 0.583. The first kappa shape index (κ1) is 13.3. The number of rotatable bonds is 3. The Labute approximate surface area is 108 Å². The molecule has 0 saturated carbocycles. The molecule has 1 saturated heterocycles. The molecule has 1 aromatic heterocycles. The van der Waals surface area contributed by atoms with Crippen molar-refractivity contribution < 1.29 is 8.42 Å². The highest BCUT2D eigenvalue weighted by Crippen LogP contribution is 2.22. The SMILES string of the molecule is Cc1ccnc(C)c1NS(=O)(=O)C1CCNCC1. The molecule has 1 aliphatic rings. The average Bonchev–Trinajstić information content (AvgIpc) is 2.35. The van der Waals surface area contributed by atoms with Crippen molar-refractivity contribution in [2.24, 2.45) is 0 Å². The van der Waals surface area contributed by atoms with Gasteiger partial charge in [-0.15, -0.1) is 0 Å². The number of piperidine rings is 1. The number of pyridine rings is 1. The second-order valence-electron chi connectivity index (χ2n) is 4.68. The predicted molar refractivity (Wildman–Crippen MR) is 72.1 cm³/mol. The maximum Gasteiger partial charge on any atom is 0.235 e. The number of sulfonamides is 1. The van der Waals surface area contributed by atoms with E-state index < -0.39 is 10.0 Å². The minimum atomic E-state index is -3.31. The summed E-state index contributed by atoms with van der Waals surface area (Å²) in [5.41, 5.74) is 2.24. The van der Waals surface area contributed by atoms with Gasteiger partial charge < -0.3 is 5.32 Å². The summed E-state index contributed by atoms with van der Waals surface area (Å²) in [6.07, 6.45) is 3.01. The molecule has 2 N–H and O–H groups in total. The van der Waals surface area contributed by atoms with Gasteiger partial charge in [0.25, 0.3) is 0 Å². The van der Waals surface area contributed by atoms with Gasteiger partial charge in [0.15, 0.2) is 0 Å². The third-order valence-electron chi connectivity index (χ3n) is 3.32. The van der Waals surface area contributed by atoms with E-state index in [1.165, 1.54) is 0 Å². The van der Waals surface area contributed by atoms with Crippen LogP contribution in [0.5, 0.6) is 0 Å². The Bertz CT molecular complexity index is 502. The Morgan fingerprint density at radius 1 is 1.33 bits per heavy atom. The summed E-state index contributed by atoms with van der Waals surface area (Å²) in [6, 6.07) is 1.81. The summed E-state index contributed by atoms with van der Waals surface area (Å²) in [4.78, 5) is 4.13. The third kappa shape index (κ3) is 2.81. The molecule has 2 heterocycles. The minimum absolute atomic E-state index is 0.308. The predicted octanol–water partition coefficient (Wildman–Crippen LogP) is 1.19. The van der Waals surface area contributed by atoms with Crippen molar-refractivity contribution in [2.75, 3.05) is 17.8 Å². The Morgan fingerprint density at radius 3 is 2.61 bits per heavy atom. The van der Waals surface area contributed by atoms with Crippen LogP contribution < -0.4 is 10.0 Å². The van der Waals surface area contributed by atoms with Crippen LogP contribution in [0.4, 0.5) is 5.69 Å². The quantitative estimate of drug-likeness (QED) is 0.864. The van der Waals surface area contributed by atoms with Gasteiger partial charge >= 0.3 is 0 Å². The molecule has 2 rings (SSSR count). The van der Waals surface area contributed by atoms with E-state index in [0.29, 0.717) is 24.2 Å². The molecule has 6 heteroatoms. The molecule has 18 heavy (non-hydrogen) atoms. The van der Waals surface area contributed by atoms with E-state index in [2.05, 4.69) is 15.0 Å². The molecule has 0 unspecified atom stereocenters. The number of hydrogen-bond donors (Lipinski definition) is 2. The first-order chi connectivity index (χ1) is 8.50. The van der Waals surface area contributed by atoms with Crippen LogP contribution in [0.3, 0.4) is 0 Å². The number of anilines is 1. The maximum absolute atomic E-state index is 12.3. The molecule has 0 atom stereocenters. The highest BCUT2D eigenvalue weighted by Gasteiger charge is 2.27. The highest BCUT2D eigenvalue weighted by atomic mass is 32.2. The van der Waals surface area contributed by atoms with Crippen molar-refractivity contribution in [3.05, 3.63) is 23.5 Å². The van der Waals surface area contributed by atoms with E-state index in [-0.39, 0.29) is 5.25 Å². The van der Waals surface area contributed by atoms with Crippen LogP contribution in [-0.2, 0) is 10.0 Å². The summed E-state index contributed by atoms with van der Waals surface area (Å²) >= 11 is 0. The van der Waals surface area contributed by atoms with Crippen molar-refractivity contribution in [3.63, 3.8) is 0 Å². The lowest BCUT2D eigenvalue weighted by atomic mass is 10.2. The molecule has 0 aliphatic carbocycles. The van der Waals surface area contributed by atoms with E-state index in [1.54, 1.807) is 6.20 Å². The van der Waals surface area contributed by atoms with Gasteiger partial charge in [-0.3, -0.25) is 9.71 Å². The number of aryl methyl sites for hydroxylation is 2. The smallest absolute Gasteiger partial charge is 0.235 e. The third-order valence-corrected chi connectivity index (χ3v) is 5.16. The van der Waals surface area contributed by atoms with Crippen LogP contribution in [-0.4, -0.2) is 31.7 Å². The Hall–Kier alpha value is -1.14. The van der Waals surface area contributed by atoms with Crippen LogP contribution in [0, 0.1) is 13.8 Å². The van der Waals surface area contributed by atoms with Crippen LogP contribution in [0.2, 0.25) is 0 Å². The average molecular weight is 269 g/mol. The van der Waals surface area contributed by atoms with Crippen LogP contribution in [0.1, 0.15) is 24.1 Å². The molecule has 1 aliphatic heterocycles. The van der Waals surface area contributed by atoms with E-state index >= 15 is 0 Å². The lowest BCUT2D eigenvalue weighted by Gasteiger charge is -2.24. The van der Waals surface area contributed by atoms with Gasteiger partial charge in [-0.25, -0.2) is 8.42 Å². The normalized spacial score (nSPS) is 17.7.